The fourth-order valence-corrected chi connectivity index (χ4v) is 3.32. The van der Waals surface area contributed by atoms with Gasteiger partial charge in [-0.15, -0.1) is 0 Å². The van der Waals surface area contributed by atoms with E-state index in [1.165, 1.54) is 13.0 Å². The van der Waals surface area contributed by atoms with Crippen molar-refractivity contribution < 1.29 is 9.18 Å². The van der Waals surface area contributed by atoms with Crippen molar-refractivity contribution in [3.8, 4) is 0 Å². The second-order valence-corrected chi connectivity index (χ2v) is 6.73. The van der Waals surface area contributed by atoms with Crippen LogP contribution in [-0.2, 0) is 0 Å². The third-order valence-electron chi connectivity index (χ3n) is 4.78. The molecule has 4 rings (SSSR count). The number of nitrogens with zero attached hydrogens (tertiary/aromatic N) is 3. The SMILES string of the molecule is CC(=O)c1cn(C2CC2)c2nc(N3CC[C@@H](N)C3)c(F)cc2c1=O. The van der Waals surface area contributed by atoms with Gasteiger partial charge in [0, 0.05) is 31.4 Å². The molecule has 24 heavy (non-hydrogen) atoms. The van der Waals surface area contributed by atoms with Crippen molar-refractivity contribution in [2.75, 3.05) is 18.0 Å². The standard InChI is InChI=1S/C17H19FN4O2/c1-9(23)13-8-22(11-2-3-11)16-12(15(13)24)6-14(18)17(20-16)21-5-4-10(19)7-21/h6,8,10-11H,2-5,7,19H2,1H3/t10-/m1/s1. The molecule has 6 nitrogen and oxygen atoms in total. The van der Waals surface area contributed by atoms with E-state index in [0.29, 0.717) is 18.7 Å². The first-order valence-corrected chi connectivity index (χ1v) is 8.22. The Hall–Kier alpha value is -2.28. The fraction of sp³-hybridized carbons (Fsp3) is 0.471. The highest BCUT2D eigenvalue weighted by Crippen LogP contribution is 2.37. The quantitative estimate of drug-likeness (QED) is 0.865. The van der Waals surface area contributed by atoms with Crippen molar-refractivity contribution in [2.24, 2.45) is 5.73 Å². The molecule has 1 aliphatic heterocycles. The normalized spacial score (nSPS) is 20.8. The summed E-state index contributed by atoms with van der Waals surface area (Å²) in [5.41, 5.74) is 5.99. The molecule has 2 aliphatic rings. The van der Waals surface area contributed by atoms with Crippen molar-refractivity contribution >= 4 is 22.6 Å². The minimum Gasteiger partial charge on any atom is -0.353 e. The molecular weight excluding hydrogens is 311 g/mol. The van der Waals surface area contributed by atoms with Gasteiger partial charge in [0.2, 0.25) is 5.43 Å². The lowest BCUT2D eigenvalue weighted by molar-refractivity contribution is 0.101. The average molecular weight is 330 g/mol. The van der Waals surface area contributed by atoms with Crippen molar-refractivity contribution in [3.05, 3.63) is 33.9 Å². The van der Waals surface area contributed by atoms with Gasteiger partial charge < -0.3 is 15.2 Å². The zero-order valence-corrected chi connectivity index (χ0v) is 13.5. The molecule has 2 N–H and O–H groups in total. The molecule has 1 aliphatic carbocycles. The molecule has 2 fully saturated rings. The summed E-state index contributed by atoms with van der Waals surface area (Å²) in [7, 11) is 0. The van der Waals surface area contributed by atoms with Gasteiger partial charge in [0.15, 0.2) is 17.4 Å². The third kappa shape index (κ3) is 2.39. The van der Waals surface area contributed by atoms with Crippen LogP contribution >= 0.6 is 0 Å². The highest BCUT2D eigenvalue weighted by atomic mass is 19.1. The predicted octanol–water partition coefficient (Wildman–Crippen LogP) is 1.61. The Bertz CT molecular complexity index is 904. The van der Waals surface area contributed by atoms with Crippen LogP contribution in [0.15, 0.2) is 17.1 Å². The van der Waals surface area contributed by atoms with E-state index in [1.807, 2.05) is 9.47 Å². The Morgan fingerprint density at radius 1 is 1.38 bits per heavy atom. The van der Waals surface area contributed by atoms with Crippen LogP contribution in [0.1, 0.15) is 42.6 Å². The van der Waals surface area contributed by atoms with Crippen LogP contribution in [0.3, 0.4) is 0 Å². The zero-order chi connectivity index (χ0) is 17.0. The first-order valence-electron chi connectivity index (χ1n) is 8.22. The molecule has 126 valence electrons. The number of anilines is 1. The number of aromatic nitrogens is 2. The number of carbonyl (C=O) groups excluding carboxylic acids is 1. The molecule has 3 heterocycles. The smallest absolute Gasteiger partial charge is 0.201 e. The van der Waals surface area contributed by atoms with E-state index in [0.717, 1.165) is 19.3 Å². The molecule has 0 aromatic carbocycles. The molecule has 1 saturated carbocycles. The lowest BCUT2D eigenvalue weighted by Gasteiger charge is -2.19. The first kappa shape index (κ1) is 15.3. The van der Waals surface area contributed by atoms with Crippen molar-refractivity contribution in [1.29, 1.82) is 0 Å². The number of hydrogen-bond acceptors (Lipinski definition) is 5. The van der Waals surface area contributed by atoms with Crippen molar-refractivity contribution in [2.45, 2.75) is 38.3 Å². The van der Waals surface area contributed by atoms with Gasteiger partial charge in [0.1, 0.15) is 5.65 Å². The highest BCUT2D eigenvalue weighted by Gasteiger charge is 2.29. The van der Waals surface area contributed by atoms with Crippen LogP contribution in [0.4, 0.5) is 10.2 Å². The Kier molecular flexibility index (Phi) is 3.42. The summed E-state index contributed by atoms with van der Waals surface area (Å²) in [5.74, 6) is -0.622. The maximum atomic E-state index is 14.6. The average Bonchev–Trinajstić information content (AvgIpc) is 3.28. The Morgan fingerprint density at radius 2 is 2.12 bits per heavy atom. The summed E-state index contributed by atoms with van der Waals surface area (Å²) in [4.78, 5) is 30.6. The topological polar surface area (TPSA) is 81.2 Å². The second-order valence-electron chi connectivity index (χ2n) is 6.73. The summed E-state index contributed by atoms with van der Waals surface area (Å²) < 4.78 is 16.4. The summed E-state index contributed by atoms with van der Waals surface area (Å²) in [5, 5.41) is 0.166. The number of rotatable bonds is 3. The Balaban J connectivity index is 1.95. The lowest BCUT2D eigenvalue weighted by Crippen LogP contribution is -2.28. The molecule has 0 radical (unpaired) electrons. The molecule has 7 heteroatoms. The molecule has 0 spiro atoms. The molecule has 0 bridgehead atoms. The Morgan fingerprint density at radius 3 is 2.71 bits per heavy atom. The number of Topliss-reactive ketones (excluding diaryl/α,β-unsaturated/α-hetero) is 1. The van der Waals surface area contributed by atoms with Crippen molar-refractivity contribution in [1.82, 2.24) is 9.55 Å². The highest BCUT2D eigenvalue weighted by molar-refractivity contribution is 5.97. The summed E-state index contributed by atoms with van der Waals surface area (Å²) in [6, 6.07) is 1.44. The summed E-state index contributed by atoms with van der Waals surface area (Å²) in [6.07, 6.45) is 4.31. The van der Waals surface area contributed by atoms with Gasteiger partial charge in [0.25, 0.3) is 0 Å². The molecule has 1 saturated heterocycles. The largest absolute Gasteiger partial charge is 0.353 e. The fourth-order valence-electron chi connectivity index (χ4n) is 3.32. The van der Waals surface area contributed by atoms with Crippen LogP contribution in [0.5, 0.6) is 0 Å². The number of carbonyl (C=O) groups is 1. The Labute approximate surface area is 138 Å². The van der Waals surface area contributed by atoms with E-state index < -0.39 is 11.2 Å². The maximum absolute atomic E-state index is 14.6. The van der Waals surface area contributed by atoms with E-state index in [9.17, 15) is 14.0 Å². The number of hydrogen-bond donors (Lipinski definition) is 1. The van der Waals surface area contributed by atoms with Gasteiger partial charge in [-0.25, -0.2) is 9.37 Å². The van der Waals surface area contributed by atoms with E-state index >= 15 is 0 Å². The first-order chi connectivity index (χ1) is 11.5. The van der Waals surface area contributed by atoms with Crippen LogP contribution in [0.2, 0.25) is 0 Å². The van der Waals surface area contributed by atoms with Crippen LogP contribution in [0.25, 0.3) is 11.0 Å². The van der Waals surface area contributed by atoms with Gasteiger partial charge in [-0.05, 0) is 32.3 Å². The van der Waals surface area contributed by atoms with Crippen LogP contribution in [-0.4, -0.2) is 34.5 Å². The zero-order valence-electron chi connectivity index (χ0n) is 13.5. The molecular formula is C17H19FN4O2. The van der Waals surface area contributed by atoms with Crippen molar-refractivity contribution in [3.63, 3.8) is 0 Å². The van der Waals surface area contributed by atoms with E-state index in [4.69, 9.17) is 5.73 Å². The molecule has 2 aromatic heterocycles. The molecule has 0 unspecified atom stereocenters. The monoisotopic (exact) mass is 330 g/mol. The molecule has 0 amide bonds. The predicted molar refractivity (Wildman–Crippen MR) is 89.0 cm³/mol. The number of halogens is 1. The second kappa shape index (κ2) is 5.37. The lowest BCUT2D eigenvalue weighted by atomic mass is 10.1. The number of fused-ring (bicyclic) bond motifs is 1. The van der Waals surface area contributed by atoms with E-state index in [-0.39, 0.29) is 34.6 Å². The number of pyridine rings is 2. The molecule has 2 aromatic rings. The van der Waals surface area contributed by atoms with Crippen LogP contribution in [0, 0.1) is 5.82 Å². The maximum Gasteiger partial charge on any atom is 0.201 e. The van der Waals surface area contributed by atoms with E-state index in [2.05, 4.69) is 4.98 Å². The van der Waals surface area contributed by atoms with Gasteiger partial charge in [-0.2, -0.15) is 0 Å². The number of ketones is 1. The van der Waals surface area contributed by atoms with Gasteiger partial charge in [-0.1, -0.05) is 0 Å². The van der Waals surface area contributed by atoms with E-state index in [1.54, 1.807) is 6.20 Å². The van der Waals surface area contributed by atoms with Gasteiger partial charge >= 0.3 is 0 Å². The summed E-state index contributed by atoms with van der Waals surface area (Å²) in [6.45, 7) is 2.55. The van der Waals surface area contributed by atoms with Gasteiger partial charge in [0.05, 0.1) is 10.9 Å². The minimum atomic E-state index is -0.545. The van der Waals surface area contributed by atoms with Gasteiger partial charge in [-0.3, -0.25) is 9.59 Å². The summed E-state index contributed by atoms with van der Waals surface area (Å²) >= 11 is 0. The molecule has 1 atom stereocenters. The number of nitrogens with two attached hydrogens (primary N) is 1. The van der Waals surface area contributed by atoms with Crippen LogP contribution < -0.4 is 16.1 Å². The third-order valence-corrected chi connectivity index (χ3v) is 4.78. The minimum absolute atomic E-state index is 0.00705.